The van der Waals surface area contributed by atoms with E-state index in [9.17, 15) is 9.18 Å². The van der Waals surface area contributed by atoms with Crippen molar-refractivity contribution in [3.05, 3.63) is 29.6 Å². The van der Waals surface area contributed by atoms with Crippen molar-refractivity contribution in [2.75, 3.05) is 27.2 Å². The Morgan fingerprint density at radius 3 is 2.79 bits per heavy atom. The molecule has 0 fully saturated rings. The fraction of sp³-hybridized carbons (Fsp3) is 0.500. The van der Waals surface area contributed by atoms with E-state index < -0.39 is 0 Å². The van der Waals surface area contributed by atoms with Gasteiger partial charge in [-0.15, -0.1) is 0 Å². The third kappa shape index (κ3) is 4.21. The van der Waals surface area contributed by atoms with Gasteiger partial charge in [0.05, 0.1) is 0 Å². The summed E-state index contributed by atoms with van der Waals surface area (Å²) < 4.78 is 18.7. The molecule has 1 N–H and O–H groups in total. The predicted molar refractivity (Wildman–Crippen MR) is 72.7 cm³/mol. The van der Waals surface area contributed by atoms with Gasteiger partial charge in [0.15, 0.2) is 6.61 Å². The highest BCUT2D eigenvalue weighted by Gasteiger charge is 2.14. The molecular weight excluding hydrogens is 247 g/mol. The van der Waals surface area contributed by atoms with E-state index >= 15 is 0 Å². The highest BCUT2D eigenvalue weighted by Crippen LogP contribution is 2.25. The van der Waals surface area contributed by atoms with Gasteiger partial charge in [0.25, 0.3) is 5.91 Å². The Balaban J connectivity index is 2.81. The molecule has 106 valence electrons. The Hall–Kier alpha value is -1.62. The van der Waals surface area contributed by atoms with Crippen LogP contribution in [0.2, 0.25) is 0 Å². The molecule has 1 aromatic rings. The summed E-state index contributed by atoms with van der Waals surface area (Å²) in [5.74, 6) is -0.104. The zero-order valence-corrected chi connectivity index (χ0v) is 11.9. The van der Waals surface area contributed by atoms with Crippen molar-refractivity contribution in [3.63, 3.8) is 0 Å². The van der Waals surface area contributed by atoms with E-state index in [0.29, 0.717) is 12.3 Å². The maximum atomic E-state index is 13.3. The molecule has 1 unspecified atom stereocenters. The lowest BCUT2D eigenvalue weighted by Crippen LogP contribution is -2.31. The lowest BCUT2D eigenvalue weighted by Gasteiger charge is -2.18. The van der Waals surface area contributed by atoms with Crippen LogP contribution in [-0.4, -0.2) is 38.1 Å². The summed E-state index contributed by atoms with van der Waals surface area (Å²) in [5.41, 5.74) is 0.829. The molecule has 19 heavy (non-hydrogen) atoms. The molecule has 0 aliphatic carbocycles. The van der Waals surface area contributed by atoms with E-state index in [4.69, 9.17) is 4.74 Å². The van der Waals surface area contributed by atoms with Crippen molar-refractivity contribution in [1.29, 1.82) is 0 Å². The molecule has 5 heteroatoms. The van der Waals surface area contributed by atoms with E-state index in [1.807, 2.05) is 20.9 Å². The largest absolute Gasteiger partial charge is 0.483 e. The number of amides is 1. The molecule has 0 bridgehead atoms. The van der Waals surface area contributed by atoms with Crippen LogP contribution in [0.4, 0.5) is 4.39 Å². The van der Waals surface area contributed by atoms with Gasteiger partial charge in [-0.25, -0.2) is 4.39 Å². The number of likely N-dealkylation sites (N-methyl/N-ethyl adjacent to an activating group) is 1. The number of hydrogen-bond donors (Lipinski definition) is 1. The molecule has 1 aromatic carbocycles. The van der Waals surface area contributed by atoms with Crippen molar-refractivity contribution in [1.82, 2.24) is 10.2 Å². The molecular formula is C14H21FN2O2. The van der Waals surface area contributed by atoms with Gasteiger partial charge in [0, 0.05) is 31.3 Å². The maximum Gasteiger partial charge on any atom is 0.260 e. The summed E-state index contributed by atoms with van der Waals surface area (Å²) in [4.78, 5) is 13.2. The molecule has 0 aliphatic heterocycles. The minimum absolute atomic E-state index is 0.0228. The molecule has 0 aliphatic rings. The van der Waals surface area contributed by atoms with E-state index in [2.05, 4.69) is 5.32 Å². The van der Waals surface area contributed by atoms with Crippen molar-refractivity contribution in [2.45, 2.75) is 19.9 Å². The molecule has 0 heterocycles. The van der Waals surface area contributed by atoms with Crippen LogP contribution < -0.4 is 10.1 Å². The number of benzene rings is 1. The van der Waals surface area contributed by atoms with Crippen LogP contribution in [0.3, 0.4) is 0 Å². The Morgan fingerprint density at radius 2 is 2.21 bits per heavy atom. The molecule has 4 nitrogen and oxygen atoms in total. The quantitative estimate of drug-likeness (QED) is 0.857. The Labute approximate surface area is 113 Å². The van der Waals surface area contributed by atoms with Gasteiger partial charge in [-0.3, -0.25) is 4.79 Å². The number of rotatable bonds is 6. The SMILES string of the molecule is CCN(C)C(=O)COc1cc(F)ccc1C(C)NC. The summed E-state index contributed by atoms with van der Waals surface area (Å²) in [6, 6.07) is 4.38. The van der Waals surface area contributed by atoms with Crippen LogP contribution >= 0.6 is 0 Å². The first-order valence-corrected chi connectivity index (χ1v) is 6.33. The van der Waals surface area contributed by atoms with Gasteiger partial charge in [0.1, 0.15) is 11.6 Å². The first-order chi connectivity index (χ1) is 8.99. The van der Waals surface area contributed by atoms with E-state index in [1.165, 1.54) is 12.1 Å². The smallest absolute Gasteiger partial charge is 0.260 e. The van der Waals surface area contributed by atoms with Crippen molar-refractivity contribution in [2.24, 2.45) is 0 Å². The molecule has 0 saturated carbocycles. The predicted octanol–water partition coefficient (Wildman–Crippen LogP) is 1.96. The second kappa shape index (κ2) is 7.09. The summed E-state index contributed by atoms with van der Waals surface area (Å²) in [6.07, 6.45) is 0. The van der Waals surface area contributed by atoms with Crippen molar-refractivity contribution >= 4 is 5.91 Å². The van der Waals surface area contributed by atoms with Crippen molar-refractivity contribution < 1.29 is 13.9 Å². The van der Waals surface area contributed by atoms with Crippen LogP contribution in [0.5, 0.6) is 5.75 Å². The first-order valence-electron chi connectivity index (χ1n) is 6.33. The average Bonchev–Trinajstić information content (AvgIpc) is 2.43. The minimum Gasteiger partial charge on any atom is -0.483 e. The summed E-state index contributed by atoms with van der Waals surface area (Å²) in [7, 11) is 3.52. The standard InChI is InChI=1S/C14H21FN2O2/c1-5-17(4)14(18)9-19-13-8-11(15)6-7-12(13)10(2)16-3/h6-8,10,16H,5,9H2,1-4H3. The molecule has 0 spiro atoms. The molecule has 0 saturated heterocycles. The first kappa shape index (κ1) is 15.4. The van der Waals surface area contributed by atoms with Crippen LogP contribution in [0.25, 0.3) is 0 Å². The fourth-order valence-corrected chi connectivity index (χ4v) is 1.57. The summed E-state index contributed by atoms with van der Waals surface area (Å²) >= 11 is 0. The number of ether oxygens (including phenoxy) is 1. The number of carbonyl (C=O) groups excluding carboxylic acids is 1. The van der Waals surface area contributed by atoms with Crippen LogP contribution in [0.15, 0.2) is 18.2 Å². The molecule has 0 radical (unpaired) electrons. The van der Waals surface area contributed by atoms with Gasteiger partial charge >= 0.3 is 0 Å². The second-order valence-electron chi connectivity index (χ2n) is 4.39. The monoisotopic (exact) mass is 268 g/mol. The highest BCUT2D eigenvalue weighted by molar-refractivity contribution is 5.77. The zero-order valence-electron chi connectivity index (χ0n) is 11.9. The third-order valence-corrected chi connectivity index (χ3v) is 3.13. The number of hydrogen-bond acceptors (Lipinski definition) is 3. The zero-order chi connectivity index (χ0) is 14.4. The lowest BCUT2D eigenvalue weighted by atomic mass is 10.1. The number of halogens is 1. The van der Waals surface area contributed by atoms with Gasteiger partial charge in [-0.05, 0) is 27.0 Å². The van der Waals surface area contributed by atoms with Crippen LogP contribution in [0, 0.1) is 5.82 Å². The topological polar surface area (TPSA) is 41.6 Å². The van der Waals surface area contributed by atoms with Crippen molar-refractivity contribution in [3.8, 4) is 5.75 Å². The maximum absolute atomic E-state index is 13.3. The van der Waals surface area contributed by atoms with Crippen LogP contribution in [0.1, 0.15) is 25.5 Å². The molecule has 0 aromatic heterocycles. The molecule has 1 atom stereocenters. The Morgan fingerprint density at radius 1 is 1.53 bits per heavy atom. The normalized spacial score (nSPS) is 12.1. The Kier molecular flexibility index (Phi) is 5.76. The van der Waals surface area contributed by atoms with Crippen LogP contribution in [-0.2, 0) is 4.79 Å². The van der Waals surface area contributed by atoms with Gasteiger partial charge in [-0.2, -0.15) is 0 Å². The third-order valence-electron chi connectivity index (χ3n) is 3.13. The highest BCUT2D eigenvalue weighted by atomic mass is 19.1. The molecule has 1 amide bonds. The summed E-state index contributed by atoms with van der Waals surface area (Å²) in [6.45, 7) is 4.36. The number of nitrogens with one attached hydrogen (secondary N) is 1. The van der Waals surface area contributed by atoms with Gasteiger partial charge in [-0.1, -0.05) is 6.07 Å². The Bertz CT molecular complexity index is 437. The van der Waals surface area contributed by atoms with Gasteiger partial charge in [0.2, 0.25) is 0 Å². The van der Waals surface area contributed by atoms with E-state index in [1.54, 1.807) is 18.0 Å². The van der Waals surface area contributed by atoms with E-state index in [-0.39, 0.29) is 24.4 Å². The lowest BCUT2D eigenvalue weighted by molar-refractivity contribution is -0.131. The number of nitrogens with zero attached hydrogens (tertiary/aromatic N) is 1. The average molecular weight is 268 g/mol. The summed E-state index contributed by atoms with van der Waals surface area (Å²) in [5, 5.41) is 3.06. The minimum atomic E-state index is -0.377. The molecule has 1 rings (SSSR count). The number of carbonyl (C=O) groups is 1. The van der Waals surface area contributed by atoms with E-state index in [0.717, 1.165) is 5.56 Å². The second-order valence-corrected chi connectivity index (χ2v) is 4.39. The van der Waals surface area contributed by atoms with Gasteiger partial charge < -0.3 is 15.0 Å². The fourth-order valence-electron chi connectivity index (χ4n) is 1.57.